The molecule has 0 N–H and O–H groups in total. The van der Waals surface area contributed by atoms with Crippen LogP contribution in [0.1, 0.15) is 16.2 Å². The van der Waals surface area contributed by atoms with Crippen molar-refractivity contribution < 1.29 is 9.59 Å². The maximum atomic E-state index is 12.7. The quantitative estimate of drug-likeness (QED) is 0.692. The van der Waals surface area contributed by atoms with Gasteiger partial charge in [0.1, 0.15) is 5.69 Å². The van der Waals surface area contributed by atoms with E-state index >= 15 is 0 Å². The van der Waals surface area contributed by atoms with E-state index in [0.717, 1.165) is 38.3 Å². The Balaban J connectivity index is 1.74. The van der Waals surface area contributed by atoms with Gasteiger partial charge in [-0.05, 0) is 20.0 Å². The lowest BCUT2D eigenvalue weighted by Crippen LogP contribution is -2.48. The van der Waals surface area contributed by atoms with Gasteiger partial charge in [-0.1, -0.05) is 0 Å². The predicted octanol–water partition coefficient (Wildman–Crippen LogP) is -0.549. The topological polar surface area (TPSA) is 72.9 Å². The highest BCUT2D eigenvalue weighted by molar-refractivity contribution is 5.92. The number of nitrogens with zero attached hydrogens (tertiary/aromatic N) is 6. The van der Waals surface area contributed by atoms with Crippen molar-refractivity contribution in [1.82, 2.24) is 24.7 Å². The molecule has 0 atom stereocenters. The van der Waals surface area contributed by atoms with E-state index < -0.39 is 0 Å². The van der Waals surface area contributed by atoms with Crippen molar-refractivity contribution in [2.75, 3.05) is 64.3 Å². The maximum Gasteiger partial charge on any atom is 0.272 e. The molecule has 3 rings (SSSR count). The first-order valence-electron chi connectivity index (χ1n) is 8.34. The second kappa shape index (κ2) is 7.12. The van der Waals surface area contributed by atoms with Crippen LogP contribution in [0.25, 0.3) is 0 Å². The number of hydrogen-bond donors (Lipinski definition) is 0. The number of aryl methyl sites for hydroxylation is 1. The molecule has 0 saturated carbocycles. The van der Waals surface area contributed by atoms with Crippen LogP contribution >= 0.6 is 0 Å². The zero-order valence-corrected chi connectivity index (χ0v) is 14.3. The zero-order valence-electron chi connectivity index (χ0n) is 14.3. The molecule has 0 aromatic carbocycles. The molecule has 1 aromatic rings. The Labute approximate surface area is 142 Å². The van der Waals surface area contributed by atoms with Crippen molar-refractivity contribution in [2.24, 2.45) is 0 Å². The minimum absolute atomic E-state index is 0.0265. The second-order valence-electron chi connectivity index (χ2n) is 6.42. The first-order valence-corrected chi connectivity index (χ1v) is 8.34. The van der Waals surface area contributed by atoms with Crippen LogP contribution in [-0.2, 0) is 4.79 Å². The highest BCUT2D eigenvalue weighted by Crippen LogP contribution is 2.15. The van der Waals surface area contributed by atoms with Crippen molar-refractivity contribution in [1.29, 1.82) is 0 Å². The Morgan fingerprint density at radius 3 is 2.33 bits per heavy atom. The van der Waals surface area contributed by atoms with Gasteiger partial charge in [-0.15, -0.1) is 0 Å². The molecule has 0 radical (unpaired) electrons. The Morgan fingerprint density at radius 1 is 1.04 bits per heavy atom. The van der Waals surface area contributed by atoms with Gasteiger partial charge in [0.2, 0.25) is 12.4 Å². The van der Waals surface area contributed by atoms with Crippen LogP contribution in [0.3, 0.4) is 0 Å². The number of carbonyl (C=O) groups excluding carboxylic acids is 2. The molecule has 8 nitrogen and oxygen atoms in total. The predicted molar refractivity (Wildman–Crippen MR) is 90.0 cm³/mol. The minimum atomic E-state index is -0.0265. The zero-order chi connectivity index (χ0) is 17.1. The molecular weight excluding hydrogens is 308 g/mol. The third-order valence-corrected chi connectivity index (χ3v) is 4.60. The molecule has 0 bridgehead atoms. The largest absolute Gasteiger partial charge is 0.342 e. The fourth-order valence-corrected chi connectivity index (χ4v) is 3.00. The molecule has 2 aliphatic rings. The van der Waals surface area contributed by atoms with Crippen molar-refractivity contribution >= 4 is 18.3 Å². The van der Waals surface area contributed by atoms with E-state index in [9.17, 15) is 9.59 Å². The Morgan fingerprint density at radius 2 is 1.71 bits per heavy atom. The van der Waals surface area contributed by atoms with E-state index in [0.29, 0.717) is 37.8 Å². The van der Waals surface area contributed by atoms with E-state index in [1.807, 2.05) is 16.7 Å². The van der Waals surface area contributed by atoms with Crippen molar-refractivity contribution in [3.8, 4) is 0 Å². The molecule has 2 aliphatic heterocycles. The summed E-state index contributed by atoms with van der Waals surface area (Å²) in [5.41, 5.74) is 1.25. The van der Waals surface area contributed by atoms with Crippen LogP contribution in [0.15, 0.2) is 6.07 Å². The molecule has 0 spiro atoms. The standard InChI is InChI=1S/C16H24N6O2/c1-13-11-14(15(24)21-7-3-19(2)4-8-21)18-16(17-13)22-9-5-20(12-23)6-10-22/h11-12H,3-10H2,1-2H3. The van der Waals surface area contributed by atoms with Crippen LogP contribution < -0.4 is 4.90 Å². The number of carbonyl (C=O) groups is 2. The molecule has 1 aromatic heterocycles. The summed E-state index contributed by atoms with van der Waals surface area (Å²) in [5, 5.41) is 0. The molecule has 130 valence electrons. The summed E-state index contributed by atoms with van der Waals surface area (Å²) in [7, 11) is 2.06. The lowest BCUT2D eigenvalue weighted by atomic mass is 10.2. The maximum absolute atomic E-state index is 12.7. The Kier molecular flexibility index (Phi) is 4.94. The minimum Gasteiger partial charge on any atom is -0.342 e. The number of piperazine rings is 2. The third kappa shape index (κ3) is 3.64. The van der Waals surface area contributed by atoms with Crippen LogP contribution in [-0.4, -0.2) is 96.4 Å². The summed E-state index contributed by atoms with van der Waals surface area (Å²) < 4.78 is 0. The molecular formula is C16H24N6O2. The second-order valence-corrected chi connectivity index (χ2v) is 6.42. The van der Waals surface area contributed by atoms with E-state index in [-0.39, 0.29) is 5.91 Å². The summed E-state index contributed by atoms with van der Waals surface area (Å²) in [5.74, 6) is 0.555. The van der Waals surface area contributed by atoms with Crippen LogP contribution in [0, 0.1) is 6.92 Å². The number of amides is 2. The summed E-state index contributed by atoms with van der Waals surface area (Å²) in [6.07, 6.45) is 0.872. The van der Waals surface area contributed by atoms with Gasteiger partial charge in [-0.3, -0.25) is 9.59 Å². The summed E-state index contributed by atoms with van der Waals surface area (Å²) >= 11 is 0. The van der Waals surface area contributed by atoms with Gasteiger partial charge < -0.3 is 19.6 Å². The first-order chi connectivity index (χ1) is 11.6. The Hall–Kier alpha value is -2.22. The fourth-order valence-electron chi connectivity index (χ4n) is 3.00. The number of anilines is 1. The Bertz CT molecular complexity index is 607. The summed E-state index contributed by atoms with van der Waals surface area (Å²) in [6, 6.07) is 1.76. The van der Waals surface area contributed by atoms with Crippen LogP contribution in [0.2, 0.25) is 0 Å². The molecule has 2 fully saturated rings. The van der Waals surface area contributed by atoms with Gasteiger partial charge in [0.15, 0.2) is 0 Å². The third-order valence-electron chi connectivity index (χ3n) is 4.60. The average molecular weight is 332 g/mol. The van der Waals surface area contributed by atoms with Crippen molar-refractivity contribution in [2.45, 2.75) is 6.92 Å². The van der Waals surface area contributed by atoms with Gasteiger partial charge in [0.25, 0.3) is 5.91 Å². The number of rotatable bonds is 3. The van der Waals surface area contributed by atoms with Gasteiger partial charge in [0, 0.05) is 58.1 Å². The highest BCUT2D eigenvalue weighted by Gasteiger charge is 2.24. The molecule has 24 heavy (non-hydrogen) atoms. The number of aromatic nitrogens is 2. The molecule has 2 amide bonds. The number of likely N-dealkylation sites (N-methyl/N-ethyl adjacent to an activating group) is 1. The molecule has 3 heterocycles. The first kappa shape index (κ1) is 16.6. The average Bonchev–Trinajstić information content (AvgIpc) is 2.61. The normalized spacial score (nSPS) is 19.5. The van der Waals surface area contributed by atoms with Gasteiger partial charge in [-0.2, -0.15) is 0 Å². The highest BCUT2D eigenvalue weighted by atomic mass is 16.2. The van der Waals surface area contributed by atoms with Crippen molar-refractivity contribution in [3.63, 3.8) is 0 Å². The van der Waals surface area contributed by atoms with E-state index in [2.05, 4.69) is 21.9 Å². The summed E-state index contributed by atoms with van der Waals surface area (Å²) in [6.45, 7) is 7.79. The molecule has 8 heteroatoms. The fraction of sp³-hybridized carbons (Fsp3) is 0.625. The van der Waals surface area contributed by atoms with Gasteiger partial charge >= 0.3 is 0 Å². The number of hydrogen-bond acceptors (Lipinski definition) is 6. The SMILES string of the molecule is Cc1cc(C(=O)N2CCN(C)CC2)nc(N2CCN(C=O)CC2)n1. The van der Waals surface area contributed by atoms with E-state index in [4.69, 9.17) is 0 Å². The van der Waals surface area contributed by atoms with Crippen molar-refractivity contribution in [3.05, 3.63) is 17.5 Å². The molecule has 0 aliphatic carbocycles. The summed E-state index contributed by atoms with van der Waals surface area (Å²) in [4.78, 5) is 40.4. The van der Waals surface area contributed by atoms with E-state index in [1.54, 1.807) is 11.0 Å². The van der Waals surface area contributed by atoms with Crippen LogP contribution in [0.4, 0.5) is 5.95 Å². The monoisotopic (exact) mass is 332 g/mol. The molecule has 2 saturated heterocycles. The lowest BCUT2D eigenvalue weighted by molar-refractivity contribution is -0.118. The smallest absolute Gasteiger partial charge is 0.272 e. The van der Waals surface area contributed by atoms with Gasteiger partial charge in [0.05, 0.1) is 0 Å². The lowest BCUT2D eigenvalue weighted by Gasteiger charge is -2.33. The van der Waals surface area contributed by atoms with Gasteiger partial charge in [-0.25, -0.2) is 9.97 Å². The van der Waals surface area contributed by atoms with E-state index in [1.165, 1.54) is 0 Å². The molecule has 0 unspecified atom stereocenters. The van der Waals surface area contributed by atoms with Crippen LogP contribution in [0.5, 0.6) is 0 Å².